The Morgan fingerprint density at radius 2 is 1.80 bits per heavy atom. The highest BCUT2D eigenvalue weighted by Gasteiger charge is 2.15. The molecule has 0 unspecified atom stereocenters. The molecule has 0 amide bonds. The van der Waals surface area contributed by atoms with Crippen molar-refractivity contribution in [1.29, 1.82) is 0 Å². The molecule has 0 aliphatic rings. The van der Waals surface area contributed by atoms with Crippen LogP contribution in [0.1, 0.15) is 0 Å². The van der Waals surface area contributed by atoms with Gasteiger partial charge in [-0.15, -0.1) is 0 Å². The van der Waals surface area contributed by atoms with Crippen molar-refractivity contribution in [3.05, 3.63) is 55.1 Å². The van der Waals surface area contributed by atoms with Crippen LogP contribution >= 0.6 is 11.5 Å². The van der Waals surface area contributed by atoms with Gasteiger partial charge in [0.2, 0.25) is 5.13 Å². The van der Waals surface area contributed by atoms with Gasteiger partial charge in [-0.3, -0.25) is 4.72 Å². The van der Waals surface area contributed by atoms with Crippen LogP contribution in [0, 0.1) is 0 Å². The maximum atomic E-state index is 12.1. The Morgan fingerprint density at radius 3 is 2.40 bits per heavy atom. The first-order valence-corrected chi connectivity index (χ1v) is 7.94. The first-order valence-electron chi connectivity index (χ1n) is 5.68. The second kappa shape index (κ2) is 5.06. The van der Waals surface area contributed by atoms with Gasteiger partial charge >= 0.3 is 0 Å². The average molecular weight is 306 g/mol. The van der Waals surface area contributed by atoms with E-state index < -0.39 is 10.0 Å². The highest BCUT2D eigenvalue weighted by molar-refractivity contribution is 7.93. The molecule has 3 aromatic rings. The fourth-order valence-corrected chi connectivity index (χ4v) is 3.36. The van der Waals surface area contributed by atoms with Gasteiger partial charge in [0.15, 0.2) is 0 Å². The molecule has 0 spiro atoms. The van der Waals surface area contributed by atoms with Crippen molar-refractivity contribution in [3.8, 4) is 5.69 Å². The third kappa shape index (κ3) is 2.56. The third-order valence-corrected chi connectivity index (χ3v) is 4.70. The number of aromatic nitrogens is 3. The molecule has 6 nitrogen and oxygen atoms in total. The summed E-state index contributed by atoms with van der Waals surface area (Å²) in [6.45, 7) is 0. The average Bonchev–Trinajstić information content (AvgIpc) is 3.11. The van der Waals surface area contributed by atoms with Gasteiger partial charge < -0.3 is 4.57 Å². The summed E-state index contributed by atoms with van der Waals surface area (Å²) in [5, 5.41) is 0.250. The summed E-state index contributed by atoms with van der Waals surface area (Å²) in [5.74, 6) is 0. The Labute approximate surface area is 119 Å². The molecule has 0 atom stereocenters. The van der Waals surface area contributed by atoms with Crippen LogP contribution in [0.5, 0.6) is 0 Å². The number of nitrogens with zero attached hydrogens (tertiary/aromatic N) is 3. The van der Waals surface area contributed by atoms with Crippen LogP contribution in [0.15, 0.2) is 60.0 Å². The molecule has 2 heterocycles. The molecule has 0 bridgehead atoms. The summed E-state index contributed by atoms with van der Waals surface area (Å²) < 4.78 is 32.3. The monoisotopic (exact) mass is 306 g/mol. The lowest BCUT2D eigenvalue weighted by Crippen LogP contribution is -2.12. The minimum atomic E-state index is -3.62. The number of benzene rings is 1. The molecule has 0 saturated heterocycles. The third-order valence-electron chi connectivity index (χ3n) is 2.63. The standard InChI is InChI=1S/C12H10N4O2S2/c17-20(18,15-12-13-9-14-19-12)11-5-3-10(4-6-11)16-7-1-2-8-16/h1-9H,(H,13,14,15). The van der Waals surface area contributed by atoms with E-state index >= 15 is 0 Å². The SMILES string of the molecule is O=S(=O)(Nc1ncns1)c1ccc(-n2cccc2)cc1. The normalized spacial score (nSPS) is 11.4. The summed E-state index contributed by atoms with van der Waals surface area (Å²) in [7, 11) is -3.62. The maximum Gasteiger partial charge on any atom is 0.263 e. The van der Waals surface area contributed by atoms with E-state index in [1.807, 2.05) is 29.1 Å². The van der Waals surface area contributed by atoms with E-state index in [9.17, 15) is 8.42 Å². The zero-order chi connectivity index (χ0) is 14.0. The molecule has 3 rings (SSSR count). The maximum absolute atomic E-state index is 12.1. The van der Waals surface area contributed by atoms with Gasteiger partial charge in [-0.05, 0) is 36.4 Å². The molecule has 0 radical (unpaired) electrons. The molecule has 1 aromatic carbocycles. The van der Waals surface area contributed by atoms with Crippen molar-refractivity contribution in [3.63, 3.8) is 0 Å². The molecular weight excluding hydrogens is 296 g/mol. The summed E-state index contributed by atoms with van der Waals surface area (Å²) >= 11 is 0.990. The van der Waals surface area contributed by atoms with E-state index in [0.29, 0.717) is 0 Å². The van der Waals surface area contributed by atoms with E-state index in [0.717, 1.165) is 17.2 Å². The highest BCUT2D eigenvalue weighted by Crippen LogP contribution is 2.18. The fraction of sp³-hybridized carbons (Fsp3) is 0. The van der Waals surface area contributed by atoms with Gasteiger partial charge in [0.25, 0.3) is 10.0 Å². The lowest BCUT2D eigenvalue weighted by molar-refractivity contribution is 0.601. The van der Waals surface area contributed by atoms with Crippen LogP contribution in [0.4, 0.5) is 5.13 Å². The molecule has 0 fully saturated rings. The quantitative estimate of drug-likeness (QED) is 0.801. The topological polar surface area (TPSA) is 76.9 Å². The van der Waals surface area contributed by atoms with Gasteiger partial charge in [-0.25, -0.2) is 13.4 Å². The summed E-state index contributed by atoms with van der Waals surface area (Å²) in [4.78, 5) is 3.98. The van der Waals surface area contributed by atoms with Gasteiger partial charge in [0.05, 0.1) is 4.90 Å². The zero-order valence-corrected chi connectivity index (χ0v) is 11.8. The van der Waals surface area contributed by atoms with Gasteiger partial charge in [0.1, 0.15) is 6.33 Å². The number of anilines is 1. The van der Waals surface area contributed by atoms with Crippen molar-refractivity contribution < 1.29 is 8.42 Å². The van der Waals surface area contributed by atoms with E-state index in [2.05, 4.69) is 14.1 Å². The number of hydrogen-bond acceptors (Lipinski definition) is 5. The summed E-state index contributed by atoms with van der Waals surface area (Å²) in [6, 6.07) is 10.4. The predicted molar refractivity (Wildman–Crippen MR) is 76.5 cm³/mol. The smallest absolute Gasteiger partial charge is 0.263 e. The van der Waals surface area contributed by atoms with Gasteiger partial charge in [0, 0.05) is 29.6 Å². The molecule has 2 aromatic heterocycles. The Balaban J connectivity index is 1.87. The molecule has 102 valence electrons. The van der Waals surface area contributed by atoms with Crippen molar-refractivity contribution in [1.82, 2.24) is 13.9 Å². The van der Waals surface area contributed by atoms with Crippen LogP contribution in [-0.2, 0) is 10.0 Å². The first-order chi connectivity index (χ1) is 9.65. The lowest BCUT2D eigenvalue weighted by atomic mass is 10.3. The fourth-order valence-electron chi connectivity index (χ4n) is 1.70. The van der Waals surface area contributed by atoms with E-state index in [1.165, 1.54) is 6.33 Å². The van der Waals surface area contributed by atoms with Crippen LogP contribution < -0.4 is 4.72 Å². The second-order valence-corrected chi connectivity index (χ2v) is 6.40. The second-order valence-electron chi connectivity index (χ2n) is 3.94. The predicted octanol–water partition coefficient (Wildman–Crippen LogP) is 2.13. The highest BCUT2D eigenvalue weighted by atomic mass is 32.2. The molecule has 1 N–H and O–H groups in total. The van der Waals surface area contributed by atoms with E-state index in [4.69, 9.17) is 0 Å². The van der Waals surface area contributed by atoms with E-state index in [1.54, 1.807) is 24.3 Å². The summed E-state index contributed by atoms with van der Waals surface area (Å²) in [6.07, 6.45) is 5.09. The molecular formula is C12H10N4O2S2. The number of sulfonamides is 1. The van der Waals surface area contributed by atoms with Gasteiger partial charge in [-0.2, -0.15) is 4.37 Å². The Hall–Kier alpha value is -2.19. The van der Waals surface area contributed by atoms with E-state index in [-0.39, 0.29) is 10.0 Å². The van der Waals surface area contributed by atoms with Crippen molar-refractivity contribution in [2.75, 3.05) is 4.72 Å². The molecule has 20 heavy (non-hydrogen) atoms. The first kappa shape index (κ1) is 12.8. The molecule has 0 aliphatic carbocycles. The number of nitrogens with one attached hydrogen (secondary N) is 1. The van der Waals surface area contributed by atoms with Crippen LogP contribution in [-0.4, -0.2) is 22.3 Å². The Morgan fingerprint density at radius 1 is 1.10 bits per heavy atom. The minimum Gasteiger partial charge on any atom is -0.324 e. The van der Waals surface area contributed by atoms with Crippen LogP contribution in [0.3, 0.4) is 0 Å². The van der Waals surface area contributed by atoms with Crippen LogP contribution in [0.2, 0.25) is 0 Å². The minimum absolute atomic E-state index is 0.184. The zero-order valence-electron chi connectivity index (χ0n) is 10.2. The molecule has 0 aliphatic heterocycles. The lowest BCUT2D eigenvalue weighted by Gasteiger charge is -2.07. The van der Waals surface area contributed by atoms with Gasteiger partial charge in [-0.1, -0.05) is 0 Å². The summed E-state index contributed by atoms with van der Waals surface area (Å²) in [5.41, 5.74) is 0.893. The Kier molecular flexibility index (Phi) is 3.25. The van der Waals surface area contributed by atoms with Crippen molar-refractivity contribution >= 4 is 26.7 Å². The molecule has 0 saturated carbocycles. The van der Waals surface area contributed by atoms with Crippen LogP contribution in [0.25, 0.3) is 5.69 Å². The Bertz CT molecular complexity index is 779. The number of hydrogen-bond donors (Lipinski definition) is 1. The molecule has 8 heteroatoms. The van der Waals surface area contributed by atoms with Crippen molar-refractivity contribution in [2.45, 2.75) is 4.90 Å². The largest absolute Gasteiger partial charge is 0.324 e. The number of rotatable bonds is 4. The van der Waals surface area contributed by atoms with Crippen molar-refractivity contribution in [2.24, 2.45) is 0 Å².